The fourth-order valence-corrected chi connectivity index (χ4v) is 0.589. The normalized spacial score (nSPS) is 5.71. The third-order valence-electron chi connectivity index (χ3n) is 0.379. The maximum Gasteiger partial charge on any atom is 2.00 e. The molecule has 0 aliphatic rings. The second-order valence-electron chi connectivity index (χ2n) is 0.723. The molecular formula is C4H3BrSZn. The maximum absolute atomic E-state index is 2.88. The van der Waals surface area contributed by atoms with Gasteiger partial charge in [0.25, 0.3) is 0 Å². The summed E-state index contributed by atoms with van der Waals surface area (Å²) in [7, 11) is 0. The minimum atomic E-state index is 0. The van der Waals surface area contributed by atoms with E-state index in [-0.39, 0.29) is 36.5 Å². The number of hydrogen-bond donors (Lipinski definition) is 0. The van der Waals surface area contributed by atoms with Crippen LogP contribution in [0.1, 0.15) is 0 Å². The zero-order valence-corrected chi connectivity index (χ0v) is 9.09. The molecule has 1 aromatic heterocycles. The van der Waals surface area contributed by atoms with Crippen LogP contribution in [0.15, 0.2) is 16.8 Å². The van der Waals surface area contributed by atoms with Crippen LogP contribution in [0.2, 0.25) is 0 Å². The first-order valence-electron chi connectivity index (χ1n) is 1.38. The molecule has 0 N–H and O–H groups in total. The molecule has 34 valence electrons. The Morgan fingerprint density at radius 2 is 2.14 bits per heavy atom. The van der Waals surface area contributed by atoms with Gasteiger partial charge in [-0.2, -0.15) is 5.38 Å². The Kier molecular flexibility index (Phi) is 10.4. The van der Waals surface area contributed by atoms with Gasteiger partial charge < -0.3 is 17.0 Å². The van der Waals surface area contributed by atoms with Crippen LogP contribution in [-0.4, -0.2) is 0 Å². The van der Waals surface area contributed by atoms with Crippen molar-refractivity contribution in [1.82, 2.24) is 0 Å². The Hall–Kier alpha value is 0.803. The fourth-order valence-electron chi connectivity index (χ4n) is 0.196. The predicted molar refractivity (Wildman–Crippen MR) is 23.2 cm³/mol. The molecule has 0 saturated heterocycles. The standard InChI is InChI=1S/C4H3S.BrH.Zn/c1-2-4-5-3-1;;/h1,3-4H;1H;/q-1;;+2/p-1. The first kappa shape index (κ1) is 10.7. The van der Waals surface area contributed by atoms with Gasteiger partial charge in [-0.15, -0.1) is 5.38 Å². The van der Waals surface area contributed by atoms with E-state index in [0.29, 0.717) is 0 Å². The Morgan fingerprint density at radius 1 is 1.43 bits per heavy atom. The van der Waals surface area contributed by atoms with E-state index in [9.17, 15) is 0 Å². The van der Waals surface area contributed by atoms with Gasteiger partial charge in [-0.3, -0.25) is 11.3 Å². The van der Waals surface area contributed by atoms with E-state index in [4.69, 9.17) is 0 Å². The van der Waals surface area contributed by atoms with Gasteiger partial charge in [0.1, 0.15) is 0 Å². The fraction of sp³-hybridized carbons (Fsp3) is 0. The Morgan fingerprint density at radius 3 is 2.29 bits per heavy atom. The zero-order chi connectivity index (χ0) is 3.54. The van der Waals surface area contributed by atoms with Crippen molar-refractivity contribution in [3.63, 3.8) is 0 Å². The monoisotopic (exact) mass is 226 g/mol. The van der Waals surface area contributed by atoms with Gasteiger partial charge in [0.05, 0.1) is 0 Å². The van der Waals surface area contributed by atoms with Crippen molar-refractivity contribution >= 4 is 11.3 Å². The summed E-state index contributed by atoms with van der Waals surface area (Å²) in [6.45, 7) is 0. The van der Waals surface area contributed by atoms with Crippen LogP contribution in [0.25, 0.3) is 0 Å². The summed E-state index contributed by atoms with van der Waals surface area (Å²) in [5.74, 6) is 0. The second kappa shape index (κ2) is 6.80. The molecule has 0 aromatic carbocycles. The molecule has 0 nitrogen and oxygen atoms in total. The van der Waals surface area contributed by atoms with Crippen molar-refractivity contribution in [3.05, 3.63) is 22.9 Å². The molecule has 0 bridgehead atoms. The molecule has 0 saturated carbocycles. The van der Waals surface area contributed by atoms with Gasteiger partial charge in [-0.05, 0) is 0 Å². The molecule has 0 unspecified atom stereocenters. The molecular weight excluding hydrogens is 225 g/mol. The topological polar surface area (TPSA) is 0 Å². The van der Waals surface area contributed by atoms with Gasteiger partial charge in [-0.25, -0.2) is 12.1 Å². The van der Waals surface area contributed by atoms with Crippen LogP contribution in [0.3, 0.4) is 0 Å². The molecule has 0 aliphatic heterocycles. The first-order valence-corrected chi connectivity index (χ1v) is 2.32. The van der Waals surface area contributed by atoms with Crippen molar-refractivity contribution in [2.75, 3.05) is 0 Å². The third-order valence-corrected chi connectivity index (χ3v) is 0.944. The molecule has 0 fully saturated rings. The number of thiophene rings is 1. The van der Waals surface area contributed by atoms with Crippen LogP contribution in [0, 0.1) is 6.07 Å². The molecule has 0 atom stereocenters. The van der Waals surface area contributed by atoms with Crippen molar-refractivity contribution in [1.29, 1.82) is 0 Å². The minimum absolute atomic E-state index is 0. The number of halogens is 1. The predicted octanol–water partition coefficient (Wildman–Crippen LogP) is -1.45. The second-order valence-corrected chi connectivity index (χ2v) is 1.50. The van der Waals surface area contributed by atoms with Gasteiger partial charge in [0.2, 0.25) is 0 Å². The Balaban J connectivity index is 0. The minimum Gasteiger partial charge on any atom is -1.00 e. The zero-order valence-electron chi connectivity index (χ0n) is 3.73. The molecule has 1 heterocycles. The van der Waals surface area contributed by atoms with Gasteiger partial charge >= 0.3 is 19.5 Å². The average molecular weight is 228 g/mol. The summed E-state index contributed by atoms with van der Waals surface area (Å²) >= 11 is 1.66. The molecule has 7 heavy (non-hydrogen) atoms. The Labute approximate surface area is 70.5 Å². The van der Waals surface area contributed by atoms with Crippen LogP contribution in [0.5, 0.6) is 0 Å². The quantitative estimate of drug-likeness (QED) is 0.376. The van der Waals surface area contributed by atoms with Crippen LogP contribution in [0.4, 0.5) is 0 Å². The molecule has 0 amide bonds. The molecule has 1 aromatic rings. The summed E-state index contributed by atoms with van der Waals surface area (Å²) in [5.41, 5.74) is 0. The van der Waals surface area contributed by atoms with E-state index in [1.54, 1.807) is 11.3 Å². The van der Waals surface area contributed by atoms with Crippen molar-refractivity contribution in [2.45, 2.75) is 0 Å². The van der Waals surface area contributed by atoms with E-state index in [2.05, 4.69) is 6.07 Å². The van der Waals surface area contributed by atoms with Gasteiger partial charge in [0, 0.05) is 0 Å². The van der Waals surface area contributed by atoms with Gasteiger partial charge in [0.15, 0.2) is 0 Å². The summed E-state index contributed by atoms with van der Waals surface area (Å²) in [4.78, 5) is 0. The largest absolute Gasteiger partial charge is 2.00 e. The van der Waals surface area contributed by atoms with Crippen LogP contribution in [-0.2, 0) is 19.5 Å². The summed E-state index contributed by atoms with van der Waals surface area (Å²) < 4.78 is 0. The van der Waals surface area contributed by atoms with E-state index < -0.39 is 0 Å². The molecule has 1 rings (SSSR count). The molecule has 0 aliphatic carbocycles. The Bertz CT molecular complexity index is 68.2. The summed E-state index contributed by atoms with van der Waals surface area (Å²) in [5, 5.41) is 3.90. The average Bonchev–Trinajstić information content (AvgIpc) is 1.76. The van der Waals surface area contributed by atoms with Gasteiger partial charge in [-0.1, -0.05) is 0 Å². The van der Waals surface area contributed by atoms with E-state index in [0.717, 1.165) is 0 Å². The van der Waals surface area contributed by atoms with Crippen molar-refractivity contribution < 1.29 is 36.5 Å². The molecule has 0 spiro atoms. The van der Waals surface area contributed by atoms with Crippen LogP contribution >= 0.6 is 11.3 Å². The molecule has 3 heteroatoms. The SMILES string of the molecule is [Br-].[Zn+2].[c-]1ccsc1. The number of rotatable bonds is 0. The van der Waals surface area contributed by atoms with E-state index >= 15 is 0 Å². The maximum atomic E-state index is 2.88. The van der Waals surface area contributed by atoms with Crippen LogP contribution < -0.4 is 17.0 Å². The molecule has 0 radical (unpaired) electrons. The van der Waals surface area contributed by atoms with E-state index in [1.807, 2.05) is 16.8 Å². The van der Waals surface area contributed by atoms with E-state index in [1.165, 1.54) is 0 Å². The summed E-state index contributed by atoms with van der Waals surface area (Å²) in [6, 6.07) is 4.77. The number of hydrogen-bond acceptors (Lipinski definition) is 1. The van der Waals surface area contributed by atoms with Crippen molar-refractivity contribution in [3.8, 4) is 0 Å². The third kappa shape index (κ3) is 4.66. The first-order chi connectivity index (χ1) is 2.50. The summed E-state index contributed by atoms with van der Waals surface area (Å²) in [6.07, 6.45) is 0. The van der Waals surface area contributed by atoms with Crippen molar-refractivity contribution in [2.24, 2.45) is 0 Å². The smallest absolute Gasteiger partial charge is 1.00 e.